The second-order valence-electron chi connectivity index (χ2n) is 5.40. The summed E-state index contributed by atoms with van der Waals surface area (Å²) in [5.41, 5.74) is 0.902. The molecule has 1 amide bonds. The van der Waals surface area contributed by atoms with Gasteiger partial charge in [0.15, 0.2) is 5.82 Å². The summed E-state index contributed by atoms with van der Waals surface area (Å²) in [5.74, 6) is 0.759. The molecule has 3 aromatic rings. The molecule has 0 unspecified atom stereocenters. The van der Waals surface area contributed by atoms with Gasteiger partial charge in [0, 0.05) is 11.9 Å². The van der Waals surface area contributed by atoms with Gasteiger partial charge in [-0.05, 0) is 30.9 Å². The van der Waals surface area contributed by atoms with Gasteiger partial charge in [-0.1, -0.05) is 43.0 Å². The number of carbonyl (C=O) groups excluding carboxylic acids is 1. The Kier molecular flexibility index (Phi) is 5.48. The average molecular weight is 358 g/mol. The number of hydrogen-bond acceptors (Lipinski definition) is 5. The Bertz CT molecular complexity index is 833. The van der Waals surface area contributed by atoms with Gasteiger partial charge < -0.3 is 5.32 Å². The number of aromatic nitrogens is 2. The monoisotopic (exact) mass is 357 g/mol. The molecular formula is C18H19N3OS2. The van der Waals surface area contributed by atoms with Gasteiger partial charge in [0.25, 0.3) is 0 Å². The summed E-state index contributed by atoms with van der Waals surface area (Å²) in [4.78, 5) is 22.6. The minimum atomic E-state index is -0.203. The van der Waals surface area contributed by atoms with E-state index in [9.17, 15) is 4.79 Å². The number of benzene rings is 1. The van der Waals surface area contributed by atoms with E-state index in [2.05, 4.69) is 10.3 Å². The van der Waals surface area contributed by atoms with Crippen molar-refractivity contribution in [1.29, 1.82) is 0 Å². The van der Waals surface area contributed by atoms with Crippen LogP contribution in [-0.2, 0) is 4.79 Å². The fraction of sp³-hybridized carbons (Fsp3) is 0.278. The SMILES string of the molecule is CCCNC(=O)[C@@H](C)Sc1nc(-c2cccs2)nc2ccccc12. The third-order valence-corrected chi connectivity index (χ3v) is 5.48. The van der Waals surface area contributed by atoms with Crippen molar-refractivity contribution >= 4 is 39.9 Å². The van der Waals surface area contributed by atoms with Crippen molar-refractivity contribution in [2.24, 2.45) is 0 Å². The molecule has 1 aromatic carbocycles. The van der Waals surface area contributed by atoms with Crippen LogP contribution in [0.4, 0.5) is 0 Å². The molecule has 1 atom stereocenters. The lowest BCUT2D eigenvalue weighted by Gasteiger charge is -2.13. The largest absolute Gasteiger partial charge is 0.355 e. The van der Waals surface area contributed by atoms with Crippen molar-refractivity contribution < 1.29 is 4.79 Å². The number of amides is 1. The third-order valence-electron chi connectivity index (χ3n) is 3.52. The molecule has 3 rings (SSSR count). The summed E-state index contributed by atoms with van der Waals surface area (Å²) < 4.78 is 0. The van der Waals surface area contributed by atoms with Crippen LogP contribution in [0.5, 0.6) is 0 Å². The summed E-state index contributed by atoms with van der Waals surface area (Å²) in [7, 11) is 0. The zero-order valence-electron chi connectivity index (χ0n) is 13.7. The number of nitrogens with one attached hydrogen (secondary N) is 1. The van der Waals surface area contributed by atoms with Crippen molar-refractivity contribution in [3.05, 3.63) is 41.8 Å². The topological polar surface area (TPSA) is 54.9 Å². The third kappa shape index (κ3) is 3.76. The van der Waals surface area contributed by atoms with Crippen molar-refractivity contribution in [1.82, 2.24) is 15.3 Å². The van der Waals surface area contributed by atoms with E-state index in [1.54, 1.807) is 11.3 Å². The van der Waals surface area contributed by atoms with Crippen LogP contribution < -0.4 is 5.32 Å². The van der Waals surface area contributed by atoms with E-state index < -0.39 is 0 Å². The number of carbonyl (C=O) groups is 1. The predicted octanol–water partition coefficient (Wildman–Crippen LogP) is 4.37. The maximum absolute atomic E-state index is 12.2. The Balaban J connectivity index is 1.95. The molecule has 0 aliphatic heterocycles. The second-order valence-corrected chi connectivity index (χ2v) is 7.68. The van der Waals surface area contributed by atoms with Gasteiger partial charge in [0.2, 0.25) is 5.91 Å². The molecule has 0 saturated carbocycles. The number of thioether (sulfide) groups is 1. The van der Waals surface area contributed by atoms with Crippen molar-refractivity contribution in [2.45, 2.75) is 30.5 Å². The second kappa shape index (κ2) is 7.77. The highest BCUT2D eigenvalue weighted by atomic mass is 32.2. The number of rotatable bonds is 6. The predicted molar refractivity (Wildman–Crippen MR) is 101 cm³/mol. The Hall–Kier alpha value is -1.92. The first-order valence-corrected chi connectivity index (χ1v) is 9.70. The van der Waals surface area contributed by atoms with Gasteiger partial charge in [0.05, 0.1) is 15.6 Å². The Labute approximate surface area is 149 Å². The number of fused-ring (bicyclic) bond motifs is 1. The van der Waals surface area contributed by atoms with Gasteiger partial charge in [-0.2, -0.15) is 0 Å². The summed E-state index contributed by atoms with van der Waals surface area (Å²) >= 11 is 3.10. The summed E-state index contributed by atoms with van der Waals surface area (Å²) in [5, 5.41) is 6.59. The van der Waals surface area contributed by atoms with E-state index in [1.807, 2.05) is 55.6 Å². The molecule has 0 spiro atoms. The highest BCUT2D eigenvalue weighted by molar-refractivity contribution is 8.00. The lowest BCUT2D eigenvalue weighted by atomic mass is 10.2. The molecule has 0 fully saturated rings. The smallest absolute Gasteiger partial charge is 0.233 e. The number of para-hydroxylation sites is 1. The lowest BCUT2D eigenvalue weighted by molar-refractivity contribution is -0.120. The maximum atomic E-state index is 12.2. The normalized spacial score (nSPS) is 12.2. The fourth-order valence-corrected chi connectivity index (χ4v) is 3.89. The van der Waals surface area contributed by atoms with E-state index in [0.29, 0.717) is 12.4 Å². The Morgan fingerprint density at radius 1 is 1.25 bits per heavy atom. The van der Waals surface area contributed by atoms with E-state index in [0.717, 1.165) is 27.2 Å². The standard InChI is InChI=1S/C18H19N3OS2/c1-3-10-19-17(22)12(2)24-18-13-7-4-5-8-14(13)20-16(21-18)15-9-6-11-23-15/h4-9,11-12H,3,10H2,1-2H3,(H,19,22)/t12-/m1/s1. The van der Waals surface area contributed by atoms with Crippen LogP contribution in [0.1, 0.15) is 20.3 Å². The van der Waals surface area contributed by atoms with Crippen molar-refractivity contribution in [3.8, 4) is 10.7 Å². The van der Waals surface area contributed by atoms with Crippen LogP contribution in [0.25, 0.3) is 21.6 Å². The van der Waals surface area contributed by atoms with E-state index in [1.165, 1.54) is 11.8 Å². The number of nitrogens with zero attached hydrogens (tertiary/aromatic N) is 2. The molecule has 6 heteroatoms. The quantitative estimate of drug-likeness (QED) is 0.526. The molecule has 0 aliphatic carbocycles. The van der Waals surface area contributed by atoms with Crippen molar-refractivity contribution in [3.63, 3.8) is 0 Å². The molecule has 0 radical (unpaired) electrons. The highest BCUT2D eigenvalue weighted by Crippen LogP contribution is 2.32. The van der Waals surface area contributed by atoms with Crippen LogP contribution >= 0.6 is 23.1 Å². The minimum Gasteiger partial charge on any atom is -0.355 e. The molecule has 4 nitrogen and oxygen atoms in total. The first kappa shape index (κ1) is 16.9. The first-order valence-electron chi connectivity index (χ1n) is 7.94. The molecule has 0 bridgehead atoms. The molecule has 1 N–H and O–H groups in total. The number of hydrogen-bond donors (Lipinski definition) is 1. The van der Waals surface area contributed by atoms with Crippen LogP contribution in [-0.4, -0.2) is 27.7 Å². The van der Waals surface area contributed by atoms with Gasteiger partial charge in [0.1, 0.15) is 5.03 Å². The highest BCUT2D eigenvalue weighted by Gasteiger charge is 2.18. The van der Waals surface area contributed by atoms with E-state index >= 15 is 0 Å². The Morgan fingerprint density at radius 3 is 2.83 bits per heavy atom. The molecule has 2 aromatic heterocycles. The summed E-state index contributed by atoms with van der Waals surface area (Å²) in [6.07, 6.45) is 0.933. The number of thiophene rings is 1. The molecular weight excluding hydrogens is 338 g/mol. The first-order chi connectivity index (χ1) is 11.7. The summed E-state index contributed by atoms with van der Waals surface area (Å²) in [6, 6.07) is 11.9. The maximum Gasteiger partial charge on any atom is 0.233 e. The molecule has 24 heavy (non-hydrogen) atoms. The molecule has 124 valence electrons. The van der Waals surface area contributed by atoms with E-state index in [-0.39, 0.29) is 11.2 Å². The lowest BCUT2D eigenvalue weighted by Crippen LogP contribution is -2.31. The van der Waals surface area contributed by atoms with Crippen LogP contribution in [0.15, 0.2) is 46.8 Å². The zero-order chi connectivity index (χ0) is 16.9. The van der Waals surface area contributed by atoms with Gasteiger partial charge in [-0.3, -0.25) is 4.79 Å². The van der Waals surface area contributed by atoms with Gasteiger partial charge in [-0.25, -0.2) is 9.97 Å². The van der Waals surface area contributed by atoms with Crippen LogP contribution in [0.2, 0.25) is 0 Å². The Morgan fingerprint density at radius 2 is 2.08 bits per heavy atom. The van der Waals surface area contributed by atoms with Crippen LogP contribution in [0, 0.1) is 0 Å². The average Bonchev–Trinajstić information content (AvgIpc) is 3.14. The van der Waals surface area contributed by atoms with Gasteiger partial charge >= 0.3 is 0 Å². The van der Waals surface area contributed by atoms with E-state index in [4.69, 9.17) is 4.98 Å². The van der Waals surface area contributed by atoms with Crippen molar-refractivity contribution in [2.75, 3.05) is 6.54 Å². The fourth-order valence-electron chi connectivity index (χ4n) is 2.27. The minimum absolute atomic E-state index is 0.0437. The molecule has 2 heterocycles. The molecule has 0 saturated heterocycles. The van der Waals surface area contributed by atoms with Gasteiger partial charge in [-0.15, -0.1) is 11.3 Å². The zero-order valence-corrected chi connectivity index (χ0v) is 15.3. The molecule has 0 aliphatic rings. The summed E-state index contributed by atoms with van der Waals surface area (Å²) in [6.45, 7) is 4.66. The van der Waals surface area contributed by atoms with Crippen LogP contribution in [0.3, 0.4) is 0 Å².